The van der Waals surface area contributed by atoms with Crippen molar-refractivity contribution in [1.29, 1.82) is 0 Å². The molecule has 20 heavy (non-hydrogen) atoms. The molecule has 2 N–H and O–H groups in total. The third-order valence-electron chi connectivity index (χ3n) is 2.67. The van der Waals surface area contributed by atoms with Crippen LogP contribution in [0.4, 0.5) is 0 Å². The summed E-state index contributed by atoms with van der Waals surface area (Å²) in [4.78, 5) is 10.6. The Morgan fingerprint density at radius 1 is 1.15 bits per heavy atom. The fourth-order valence-electron chi connectivity index (χ4n) is 1.63. The number of ether oxygens (including phenoxy) is 1. The monoisotopic (exact) mass is 287 g/mol. The van der Waals surface area contributed by atoms with Gasteiger partial charge in [0, 0.05) is 16.7 Å². The lowest BCUT2D eigenvalue weighted by Gasteiger charge is -2.07. The topological polar surface area (TPSA) is 52.3 Å². The lowest BCUT2D eigenvalue weighted by Crippen LogP contribution is -2.05. The molecule has 0 spiro atoms. The van der Waals surface area contributed by atoms with Crippen LogP contribution in [-0.2, 0) is 11.4 Å². The quantitative estimate of drug-likeness (QED) is 0.857. The van der Waals surface area contributed by atoms with Gasteiger partial charge < -0.3 is 10.5 Å². The van der Waals surface area contributed by atoms with Crippen LogP contribution in [0.1, 0.15) is 11.1 Å². The highest BCUT2D eigenvalue weighted by molar-refractivity contribution is 6.31. The van der Waals surface area contributed by atoms with Crippen LogP contribution in [0.5, 0.6) is 5.75 Å². The second-order valence-corrected chi connectivity index (χ2v) is 4.59. The van der Waals surface area contributed by atoms with Crippen LogP contribution >= 0.6 is 11.6 Å². The fraction of sp³-hybridized carbons (Fsp3) is 0.0625. The van der Waals surface area contributed by atoms with Crippen molar-refractivity contribution < 1.29 is 9.53 Å². The van der Waals surface area contributed by atoms with Gasteiger partial charge in [-0.25, -0.2) is 0 Å². The van der Waals surface area contributed by atoms with Crippen LogP contribution in [0.15, 0.2) is 54.6 Å². The van der Waals surface area contributed by atoms with Gasteiger partial charge in [-0.15, -0.1) is 0 Å². The molecule has 0 heterocycles. The van der Waals surface area contributed by atoms with E-state index in [4.69, 9.17) is 22.1 Å². The first-order valence-corrected chi connectivity index (χ1v) is 6.47. The summed E-state index contributed by atoms with van der Waals surface area (Å²) in [7, 11) is 0. The molecule has 2 rings (SSSR count). The zero-order valence-corrected chi connectivity index (χ0v) is 11.5. The van der Waals surface area contributed by atoms with E-state index in [2.05, 4.69) is 0 Å². The summed E-state index contributed by atoms with van der Waals surface area (Å²) in [6.45, 7) is 0.413. The Balaban J connectivity index is 1.97. The second kappa shape index (κ2) is 6.78. The molecule has 0 aliphatic heterocycles. The van der Waals surface area contributed by atoms with Gasteiger partial charge in [0.05, 0.1) is 0 Å². The number of primary amides is 1. The zero-order valence-electron chi connectivity index (χ0n) is 10.8. The Morgan fingerprint density at radius 2 is 1.85 bits per heavy atom. The molecule has 1 amide bonds. The average Bonchev–Trinajstić information content (AvgIpc) is 2.45. The Kier molecular flexibility index (Phi) is 4.80. The van der Waals surface area contributed by atoms with Gasteiger partial charge in [0.25, 0.3) is 0 Å². The standard InChI is InChI=1S/C16H14ClNO2/c17-15-4-2-1-3-13(15)11-20-14-8-5-12(6-9-14)7-10-16(18)19/h1-10H,11H2,(H2,18,19)/b10-7+. The predicted molar refractivity (Wildman–Crippen MR) is 80.5 cm³/mol. The van der Waals surface area contributed by atoms with Crippen molar-refractivity contribution in [3.8, 4) is 5.75 Å². The maximum atomic E-state index is 10.6. The number of rotatable bonds is 5. The van der Waals surface area contributed by atoms with E-state index < -0.39 is 5.91 Å². The first-order chi connectivity index (χ1) is 9.65. The largest absolute Gasteiger partial charge is 0.489 e. The number of hydrogen-bond donors (Lipinski definition) is 1. The number of carbonyl (C=O) groups excluding carboxylic acids is 1. The molecule has 0 aliphatic rings. The van der Waals surface area contributed by atoms with Crippen molar-refractivity contribution in [3.05, 3.63) is 70.8 Å². The third-order valence-corrected chi connectivity index (χ3v) is 3.04. The highest BCUT2D eigenvalue weighted by Crippen LogP contribution is 2.19. The average molecular weight is 288 g/mol. The third kappa shape index (κ3) is 4.14. The summed E-state index contributed by atoms with van der Waals surface area (Å²) in [6.07, 6.45) is 2.97. The van der Waals surface area contributed by atoms with Crippen LogP contribution in [0.25, 0.3) is 6.08 Å². The maximum Gasteiger partial charge on any atom is 0.241 e. The zero-order chi connectivity index (χ0) is 14.4. The summed E-state index contributed by atoms with van der Waals surface area (Å²) < 4.78 is 5.65. The highest BCUT2D eigenvalue weighted by Gasteiger charge is 2.00. The molecule has 102 valence electrons. The minimum Gasteiger partial charge on any atom is -0.489 e. The van der Waals surface area contributed by atoms with E-state index in [0.717, 1.165) is 16.9 Å². The van der Waals surface area contributed by atoms with E-state index in [-0.39, 0.29) is 0 Å². The summed E-state index contributed by atoms with van der Waals surface area (Å²) in [6, 6.07) is 14.9. The van der Waals surface area contributed by atoms with E-state index in [1.807, 2.05) is 48.5 Å². The summed E-state index contributed by atoms with van der Waals surface area (Å²) in [5.74, 6) is 0.269. The molecule has 0 aromatic heterocycles. The summed E-state index contributed by atoms with van der Waals surface area (Å²) in [5.41, 5.74) is 6.85. The smallest absolute Gasteiger partial charge is 0.241 e. The molecule has 0 fully saturated rings. The molecule has 2 aromatic carbocycles. The Bertz CT molecular complexity index is 621. The molecule has 4 heteroatoms. The number of carbonyl (C=O) groups is 1. The number of nitrogens with two attached hydrogens (primary N) is 1. The number of hydrogen-bond acceptors (Lipinski definition) is 2. The molecule has 0 bridgehead atoms. The fourth-order valence-corrected chi connectivity index (χ4v) is 1.82. The molecule has 0 saturated heterocycles. The SMILES string of the molecule is NC(=O)/C=C/c1ccc(OCc2ccccc2Cl)cc1. The molecule has 2 aromatic rings. The summed E-state index contributed by atoms with van der Waals surface area (Å²) in [5, 5.41) is 0.688. The van der Waals surface area contributed by atoms with Crippen molar-refractivity contribution in [2.75, 3.05) is 0 Å². The van der Waals surface area contributed by atoms with E-state index in [0.29, 0.717) is 11.6 Å². The summed E-state index contributed by atoms with van der Waals surface area (Å²) >= 11 is 6.05. The van der Waals surface area contributed by atoms with Crippen LogP contribution in [0, 0.1) is 0 Å². The number of benzene rings is 2. The minimum atomic E-state index is -0.468. The predicted octanol–water partition coefficient (Wildman–Crippen LogP) is 3.42. The minimum absolute atomic E-state index is 0.413. The van der Waals surface area contributed by atoms with E-state index in [9.17, 15) is 4.79 Å². The van der Waals surface area contributed by atoms with Gasteiger partial charge in [-0.1, -0.05) is 41.9 Å². The van der Waals surface area contributed by atoms with Crippen LogP contribution in [0.2, 0.25) is 5.02 Å². The van der Waals surface area contributed by atoms with Crippen LogP contribution in [0.3, 0.4) is 0 Å². The Hall–Kier alpha value is -2.26. The Labute approximate surface area is 122 Å². The van der Waals surface area contributed by atoms with Gasteiger partial charge in [0.2, 0.25) is 5.91 Å². The molecule has 0 atom stereocenters. The number of halogens is 1. The van der Waals surface area contributed by atoms with E-state index in [1.54, 1.807) is 6.08 Å². The molecular formula is C16H14ClNO2. The van der Waals surface area contributed by atoms with E-state index >= 15 is 0 Å². The Morgan fingerprint density at radius 3 is 2.50 bits per heavy atom. The molecule has 0 saturated carbocycles. The van der Waals surface area contributed by atoms with E-state index in [1.165, 1.54) is 6.08 Å². The van der Waals surface area contributed by atoms with Crippen molar-refractivity contribution in [1.82, 2.24) is 0 Å². The van der Waals surface area contributed by atoms with Gasteiger partial charge in [0.15, 0.2) is 0 Å². The van der Waals surface area contributed by atoms with Crippen LogP contribution in [-0.4, -0.2) is 5.91 Å². The van der Waals surface area contributed by atoms with Crippen molar-refractivity contribution in [3.63, 3.8) is 0 Å². The molecule has 0 unspecified atom stereocenters. The molecule has 0 aliphatic carbocycles. The maximum absolute atomic E-state index is 10.6. The van der Waals surface area contributed by atoms with Gasteiger partial charge in [-0.05, 0) is 29.8 Å². The lowest BCUT2D eigenvalue weighted by molar-refractivity contribution is -0.113. The molecule has 0 radical (unpaired) electrons. The molecule has 3 nitrogen and oxygen atoms in total. The van der Waals surface area contributed by atoms with Crippen LogP contribution < -0.4 is 10.5 Å². The number of amides is 1. The second-order valence-electron chi connectivity index (χ2n) is 4.18. The van der Waals surface area contributed by atoms with Crippen molar-refractivity contribution in [2.24, 2.45) is 5.73 Å². The highest BCUT2D eigenvalue weighted by atomic mass is 35.5. The van der Waals surface area contributed by atoms with Crippen molar-refractivity contribution in [2.45, 2.75) is 6.61 Å². The van der Waals surface area contributed by atoms with Gasteiger partial charge in [-0.2, -0.15) is 0 Å². The molecular weight excluding hydrogens is 274 g/mol. The first-order valence-electron chi connectivity index (χ1n) is 6.09. The van der Waals surface area contributed by atoms with Gasteiger partial charge in [-0.3, -0.25) is 4.79 Å². The van der Waals surface area contributed by atoms with Crippen molar-refractivity contribution >= 4 is 23.6 Å². The first kappa shape index (κ1) is 14.2. The normalized spacial score (nSPS) is 10.7. The lowest BCUT2D eigenvalue weighted by atomic mass is 10.2. The van der Waals surface area contributed by atoms with Gasteiger partial charge in [0.1, 0.15) is 12.4 Å². The van der Waals surface area contributed by atoms with Gasteiger partial charge >= 0.3 is 0 Å².